The molecule has 1 aliphatic rings. The van der Waals surface area contributed by atoms with Crippen molar-refractivity contribution in [1.29, 1.82) is 0 Å². The van der Waals surface area contributed by atoms with Crippen LogP contribution in [0, 0.1) is 0 Å². The van der Waals surface area contributed by atoms with Crippen LogP contribution < -0.4 is 10.7 Å². The Kier molecular flexibility index (Phi) is 5.96. The number of carbonyl (C=O) groups is 1. The van der Waals surface area contributed by atoms with E-state index < -0.39 is 5.91 Å². The number of hydrogen-bond acceptors (Lipinski definition) is 6. The standard InChI is InChI=1S/C20H21ClN4O3S/c1-24-11-15(19(27)22-10-13-2-4-14(21)5-3-13)18(26)17-20(24)29-16(23-17)12-25-6-8-28-9-7-25/h2-5,11H,6-10,12H2,1H3,(H,22,27). The van der Waals surface area contributed by atoms with Gasteiger partial charge < -0.3 is 14.6 Å². The molecule has 0 radical (unpaired) electrons. The van der Waals surface area contributed by atoms with Crippen molar-refractivity contribution in [2.45, 2.75) is 13.1 Å². The fraction of sp³-hybridized carbons (Fsp3) is 0.350. The lowest BCUT2D eigenvalue weighted by Crippen LogP contribution is -2.35. The van der Waals surface area contributed by atoms with Gasteiger partial charge in [0.1, 0.15) is 20.9 Å². The Bertz CT molecular complexity index is 1090. The summed E-state index contributed by atoms with van der Waals surface area (Å²) in [7, 11) is 1.83. The molecule has 152 valence electrons. The van der Waals surface area contributed by atoms with E-state index in [1.54, 1.807) is 22.9 Å². The summed E-state index contributed by atoms with van der Waals surface area (Å²) in [6.45, 7) is 4.12. The monoisotopic (exact) mass is 432 g/mol. The quantitative estimate of drug-likeness (QED) is 0.670. The fourth-order valence-electron chi connectivity index (χ4n) is 3.24. The van der Waals surface area contributed by atoms with Crippen LogP contribution in [-0.4, -0.2) is 46.7 Å². The number of aromatic nitrogens is 2. The summed E-state index contributed by atoms with van der Waals surface area (Å²) in [5.41, 5.74) is 1.01. The SMILES string of the molecule is Cn1cc(C(=O)NCc2ccc(Cl)cc2)c(=O)c2nc(CN3CCOCC3)sc21. The van der Waals surface area contributed by atoms with Gasteiger partial charge in [-0.05, 0) is 17.7 Å². The fourth-order valence-corrected chi connectivity index (χ4v) is 4.41. The zero-order valence-corrected chi connectivity index (χ0v) is 17.6. The number of morpholine rings is 1. The van der Waals surface area contributed by atoms with Crippen LogP contribution in [0.3, 0.4) is 0 Å². The summed E-state index contributed by atoms with van der Waals surface area (Å²) in [6, 6.07) is 7.20. The van der Waals surface area contributed by atoms with Crippen LogP contribution in [0.15, 0.2) is 35.3 Å². The van der Waals surface area contributed by atoms with Gasteiger partial charge >= 0.3 is 0 Å². The summed E-state index contributed by atoms with van der Waals surface area (Å²) >= 11 is 7.37. The number of hydrogen-bond donors (Lipinski definition) is 1. The average molecular weight is 433 g/mol. The number of rotatable bonds is 5. The molecule has 1 aromatic carbocycles. The number of fused-ring (bicyclic) bond motifs is 1. The second-order valence-corrected chi connectivity index (χ2v) is 8.44. The first kappa shape index (κ1) is 20.0. The Hall–Kier alpha value is -2.26. The number of pyridine rings is 1. The molecule has 0 saturated carbocycles. The molecule has 2 aromatic heterocycles. The van der Waals surface area contributed by atoms with Crippen LogP contribution in [0.2, 0.25) is 5.02 Å². The number of amides is 1. The topological polar surface area (TPSA) is 76.5 Å². The zero-order chi connectivity index (χ0) is 20.4. The molecule has 9 heteroatoms. The molecule has 0 atom stereocenters. The number of ether oxygens (including phenoxy) is 1. The van der Waals surface area contributed by atoms with Crippen molar-refractivity contribution >= 4 is 39.2 Å². The second kappa shape index (κ2) is 8.62. The highest BCUT2D eigenvalue weighted by atomic mass is 35.5. The molecule has 0 spiro atoms. The number of halogens is 1. The van der Waals surface area contributed by atoms with Crippen molar-refractivity contribution in [1.82, 2.24) is 19.8 Å². The van der Waals surface area contributed by atoms with E-state index in [0.29, 0.717) is 36.8 Å². The van der Waals surface area contributed by atoms with Gasteiger partial charge in [-0.2, -0.15) is 0 Å². The number of benzene rings is 1. The Morgan fingerprint density at radius 2 is 2.00 bits per heavy atom. The van der Waals surface area contributed by atoms with E-state index in [-0.39, 0.29) is 11.0 Å². The molecule has 1 aliphatic heterocycles. The molecule has 4 rings (SSSR count). The first-order valence-corrected chi connectivity index (χ1v) is 10.5. The van der Waals surface area contributed by atoms with E-state index in [4.69, 9.17) is 16.3 Å². The molecule has 7 nitrogen and oxygen atoms in total. The lowest BCUT2D eigenvalue weighted by atomic mass is 10.2. The molecule has 3 heterocycles. The number of aryl methyl sites for hydroxylation is 1. The molecule has 29 heavy (non-hydrogen) atoms. The maximum Gasteiger partial charge on any atom is 0.257 e. The normalized spacial score (nSPS) is 15.0. The second-order valence-electron chi connectivity index (χ2n) is 6.94. The summed E-state index contributed by atoms with van der Waals surface area (Å²) in [6.07, 6.45) is 1.58. The van der Waals surface area contributed by atoms with Crippen molar-refractivity contribution < 1.29 is 9.53 Å². The predicted molar refractivity (Wildman–Crippen MR) is 114 cm³/mol. The molecule has 1 N–H and O–H groups in total. The number of carbonyl (C=O) groups excluding carboxylic acids is 1. The maximum absolute atomic E-state index is 12.9. The highest BCUT2D eigenvalue weighted by Gasteiger charge is 2.19. The molecule has 1 saturated heterocycles. The van der Waals surface area contributed by atoms with Crippen molar-refractivity contribution in [3.63, 3.8) is 0 Å². The number of thiazole rings is 1. The van der Waals surface area contributed by atoms with Gasteiger partial charge in [0.25, 0.3) is 5.91 Å². The Morgan fingerprint density at radius 3 is 2.72 bits per heavy atom. The lowest BCUT2D eigenvalue weighted by Gasteiger charge is -2.25. The minimum absolute atomic E-state index is 0.0946. The van der Waals surface area contributed by atoms with Crippen LogP contribution in [0.5, 0.6) is 0 Å². The Morgan fingerprint density at radius 1 is 1.28 bits per heavy atom. The minimum Gasteiger partial charge on any atom is -0.379 e. The van der Waals surface area contributed by atoms with E-state index >= 15 is 0 Å². The number of nitrogens with zero attached hydrogens (tertiary/aromatic N) is 3. The van der Waals surface area contributed by atoms with Gasteiger partial charge in [-0.25, -0.2) is 4.98 Å². The highest BCUT2D eigenvalue weighted by Crippen LogP contribution is 2.21. The first-order chi connectivity index (χ1) is 14.0. The van der Waals surface area contributed by atoms with Crippen molar-refractivity contribution in [3.8, 4) is 0 Å². The summed E-state index contributed by atoms with van der Waals surface area (Å²) in [5, 5.41) is 4.30. The smallest absolute Gasteiger partial charge is 0.257 e. The van der Waals surface area contributed by atoms with E-state index in [9.17, 15) is 9.59 Å². The van der Waals surface area contributed by atoms with Crippen LogP contribution in [0.25, 0.3) is 10.3 Å². The van der Waals surface area contributed by atoms with Gasteiger partial charge in [-0.15, -0.1) is 0 Å². The van der Waals surface area contributed by atoms with E-state index in [1.165, 1.54) is 11.3 Å². The molecule has 0 unspecified atom stereocenters. The van der Waals surface area contributed by atoms with Gasteiger partial charge in [0.05, 0.1) is 19.8 Å². The van der Waals surface area contributed by atoms with Gasteiger partial charge in [0.2, 0.25) is 5.43 Å². The summed E-state index contributed by atoms with van der Waals surface area (Å²) < 4.78 is 7.17. The third-order valence-electron chi connectivity index (χ3n) is 4.83. The van der Waals surface area contributed by atoms with Crippen LogP contribution >= 0.6 is 22.9 Å². The molecule has 1 fully saturated rings. The van der Waals surface area contributed by atoms with Crippen molar-refractivity contribution in [2.24, 2.45) is 7.05 Å². The van der Waals surface area contributed by atoms with Crippen LogP contribution in [0.1, 0.15) is 20.9 Å². The average Bonchev–Trinajstić information content (AvgIpc) is 3.15. The van der Waals surface area contributed by atoms with Crippen molar-refractivity contribution in [2.75, 3.05) is 26.3 Å². The third-order valence-corrected chi connectivity index (χ3v) is 6.21. The lowest BCUT2D eigenvalue weighted by molar-refractivity contribution is 0.0342. The maximum atomic E-state index is 12.9. The minimum atomic E-state index is -0.412. The molecular weight excluding hydrogens is 412 g/mol. The number of nitrogens with one attached hydrogen (secondary N) is 1. The van der Waals surface area contributed by atoms with Crippen LogP contribution in [-0.2, 0) is 24.9 Å². The van der Waals surface area contributed by atoms with E-state index in [0.717, 1.165) is 28.5 Å². The molecule has 1 amide bonds. The molecule has 0 aliphatic carbocycles. The summed E-state index contributed by atoms with van der Waals surface area (Å²) in [5.74, 6) is -0.412. The van der Waals surface area contributed by atoms with Crippen molar-refractivity contribution in [3.05, 3.63) is 61.8 Å². The van der Waals surface area contributed by atoms with Gasteiger partial charge in [-0.1, -0.05) is 35.1 Å². The molecule has 3 aromatic rings. The highest BCUT2D eigenvalue weighted by molar-refractivity contribution is 7.18. The first-order valence-electron chi connectivity index (χ1n) is 9.33. The molecular formula is C20H21ClN4O3S. The largest absolute Gasteiger partial charge is 0.379 e. The van der Waals surface area contributed by atoms with Gasteiger partial charge in [-0.3, -0.25) is 14.5 Å². The Labute approximate surface area is 176 Å². The van der Waals surface area contributed by atoms with Gasteiger partial charge in [0.15, 0.2) is 0 Å². The summed E-state index contributed by atoms with van der Waals surface area (Å²) in [4.78, 5) is 33.1. The Balaban J connectivity index is 1.54. The van der Waals surface area contributed by atoms with Crippen LogP contribution in [0.4, 0.5) is 0 Å². The van der Waals surface area contributed by atoms with E-state index in [2.05, 4.69) is 15.2 Å². The third kappa shape index (κ3) is 4.51. The van der Waals surface area contributed by atoms with E-state index in [1.807, 2.05) is 19.2 Å². The predicted octanol–water partition coefficient (Wildman–Crippen LogP) is 2.41. The molecule has 0 bridgehead atoms. The van der Waals surface area contributed by atoms with Gasteiger partial charge in [0, 0.05) is 37.9 Å². The zero-order valence-electron chi connectivity index (χ0n) is 16.0.